The summed E-state index contributed by atoms with van der Waals surface area (Å²) >= 11 is 0. The summed E-state index contributed by atoms with van der Waals surface area (Å²) in [6.45, 7) is 1.63. The van der Waals surface area contributed by atoms with Gasteiger partial charge in [0, 0.05) is 6.07 Å². The van der Waals surface area contributed by atoms with Gasteiger partial charge in [0.1, 0.15) is 11.5 Å². The number of carbonyl (C=O) groups is 1. The molecule has 1 aromatic carbocycles. The van der Waals surface area contributed by atoms with E-state index < -0.39 is 17.3 Å². The number of aromatic amines is 1. The topological polar surface area (TPSA) is 88.0 Å². The first-order valence-electron chi connectivity index (χ1n) is 6.09. The highest BCUT2D eigenvalue weighted by atomic mass is 19.1. The number of aromatic nitrogens is 3. The number of aryl methyl sites for hydroxylation is 1. The fourth-order valence-corrected chi connectivity index (χ4v) is 2.28. The fourth-order valence-electron chi connectivity index (χ4n) is 2.28. The molecule has 6 nitrogen and oxygen atoms in total. The standard InChI is InChI=1S/C14H10FN3O3/c1-7-12-10(14(20)21)6-11(19)16-13(12)18(17-7)9-4-2-3-8(15)5-9/h2-6H,1H3,(H,16,19)(H,20,21). The highest BCUT2D eigenvalue weighted by Gasteiger charge is 2.18. The van der Waals surface area contributed by atoms with Gasteiger partial charge in [-0.05, 0) is 25.1 Å². The normalized spacial score (nSPS) is 11.0. The molecule has 0 aliphatic heterocycles. The number of halogens is 1. The molecule has 0 atom stereocenters. The Bertz CT molecular complexity index is 927. The van der Waals surface area contributed by atoms with Crippen molar-refractivity contribution in [2.45, 2.75) is 6.92 Å². The number of nitrogens with one attached hydrogen (secondary N) is 1. The molecule has 0 saturated heterocycles. The third kappa shape index (κ3) is 2.08. The number of hydrogen-bond donors (Lipinski definition) is 2. The number of rotatable bonds is 2. The monoisotopic (exact) mass is 287 g/mol. The van der Waals surface area contributed by atoms with E-state index in [0.717, 1.165) is 6.07 Å². The van der Waals surface area contributed by atoms with Gasteiger partial charge >= 0.3 is 5.97 Å². The van der Waals surface area contributed by atoms with E-state index in [4.69, 9.17) is 0 Å². The second kappa shape index (κ2) is 4.55. The van der Waals surface area contributed by atoms with Crippen LogP contribution in [-0.2, 0) is 0 Å². The minimum Gasteiger partial charge on any atom is -0.478 e. The molecule has 0 saturated carbocycles. The van der Waals surface area contributed by atoms with Crippen LogP contribution in [-0.4, -0.2) is 25.8 Å². The van der Waals surface area contributed by atoms with Crippen LogP contribution >= 0.6 is 0 Å². The number of nitrogens with zero attached hydrogens (tertiary/aromatic N) is 2. The van der Waals surface area contributed by atoms with Crippen molar-refractivity contribution in [3.05, 3.63) is 57.8 Å². The third-order valence-corrected chi connectivity index (χ3v) is 3.13. The molecule has 2 heterocycles. The van der Waals surface area contributed by atoms with Crippen LogP contribution in [0.15, 0.2) is 35.1 Å². The summed E-state index contributed by atoms with van der Waals surface area (Å²) in [5.41, 5.74) is 0.364. The summed E-state index contributed by atoms with van der Waals surface area (Å²) in [5.74, 6) is -1.67. The molecule has 0 aliphatic carbocycles. The van der Waals surface area contributed by atoms with Crippen LogP contribution in [0.2, 0.25) is 0 Å². The highest BCUT2D eigenvalue weighted by Crippen LogP contribution is 2.22. The Hall–Kier alpha value is -2.96. The first-order chi connectivity index (χ1) is 9.97. The fraction of sp³-hybridized carbons (Fsp3) is 0.0714. The summed E-state index contributed by atoms with van der Waals surface area (Å²) in [7, 11) is 0. The van der Waals surface area contributed by atoms with Crippen LogP contribution in [0.1, 0.15) is 16.1 Å². The number of H-pyrrole nitrogens is 1. The lowest BCUT2D eigenvalue weighted by Gasteiger charge is -2.03. The molecule has 0 aliphatic rings. The number of aromatic carboxylic acids is 1. The molecule has 106 valence electrons. The first-order valence-corrected chi connectivity index (χ1v) is 6.09. The Kier molecular flexibility index (Phi) is 2.83. The van der Waals surface area contributed by atoms with E-state index in [9.17, 15) is 19.1 Å². The zero-order valence-corrected chi connectivity index (χ0v) is 10.9. The molecule has 2 N–H and O–H groups in total. The lowest BCUT2D eigenvalue weighted by molar-refractivity contribution is 0.0698. The summed E-state index contributed by atoms with van der Waals surface area (Å²) in [6.07, 6.45) is 0. The molecule has 0 bridgehead atoms. The number of carboxylic acid groups (broad SMARTS) is 1. The van der Waals surface area contributed by atoms with Gasteiger partial charge in [0.2, 0.25) is 5.56 Å². The van der Waals surface area contributed by atoms with Crippen molar-refractivity contribution in [1.82, 2.24) is 14.8 Å². The van der Waals surface area contributed by atoms with Crippen LogP contribution in [0.4, 0.5) is 4.39 Å². The van der Waals surface area contributed by atoms with Gasteiger partial charge in [-0.25, -0.2) is 13.9 Å². The maximum atomic E-state index is 13.3. The Morgan fingerprint density at radius 3 is 2.81 bits per heavy atom. The molecular weight excluding hydrogens is 277 g/mol. The quantitative estimate of drug-likeness (QED) is 0.753. The van der Waals surface area contributed by atoms with Gasteiger partial charge < -0.3 is 10.1 Å². The van der Waals surface area contributed by atoms with Gasteiger partial charge in [0.05, 0.1) is 22.3 Å². The van der Waals surface area contributed by atoms with Gasteiger partial charge in [0.25, 0.3) is 0 Å². The number of carboxylic acids is 1. The average Bonchev–Trinajstić information content (AvgIpc) is 2.75. The molecule has 3 aromatic rings. The number of fused-ring (bicyclic) bond motifs is 1. The van der Waals surface area contributed by atoms with E-state index in [1.54, 1.807) is 13.0 Å². The van der Waals surface area contributed by atoms with Crippen molar-refractivity contribution in [3.8, 4) is 5.69 Å². The second-order valence-electron chi connectivity index (χ2n) is 4.55. The van der Waals surface area contributed by atoms with Crippen molar-refractivity contribution in [1.29, 1.82) is 0 Å². The number of hydrogen-bond acceptors (Lipinski definition) is 3. The Morgan fingerprint density at radius 1 is 1.38 bits per heavy atom. The molecule has 0 amide bonds. The molecule has 0 unspecified atom stereocenters. The van der Waals surface area contributed by atoms with Gasteiger partial charge in [0.15, 0.2) is 0 Å². The van der Waals surface area contributed by atoms with Gasteiger partial charge in [-0.2, -0.15) is 5.10 Å². The molecule has 3 rings (SSSR count). The summed E-state index contributed by atoms with van der Waals surface area (Å²) < 4.78 is 14.7. The van der Waals surface area contributed by atoms with Crippen LogP contribution in [0.5, 0.6) is 0 Å². The summed E-state index contributed by atoms with van der Waals surface area (Å²) in [4.78, 5) is 25.5. The van der Waals surface area contributed by atoms with Crippen molar-refractivity contribution in [3.63, 3.8) is 0 Å². The second-order valence-corrected chi connectivity index (χ2v) is 4.55. The van der Waals surface area contributed by atoms with Crippen molar-refractivity contribution in [2.75, 3.05) is 0 Å². The van der Waals surface area contributed by atoms with E-state index in [-0.39, 0.29) is 11.2 Å². The molecule has 2 aromatic heterocycles. The van der Waals surface area contributed by atoms with Crippen molar-refractivity contribution >= 4 is 17.0 Å². The van der Waals surface area contributed by atoms with Gasteiger partial charge in [-0.15, -0.1) is 0 Å². The Labute approximate surface area is 117 Å². The Morgan fingerprint density at radius 2 is 2.14 bits per heavy atom. The lowest BCUT2D eigenvalue weighted by Crippen LogP contribution is -2.11. The maximum Gasteiger partial charge on any atom is 0.336 e. The van der Waals surface area contributed by atoms with Crippen molar-refractivity contribution < 1.29 is 14.3 Å². The van der Waals surface area contributed by atoms with E-state index in [0.29, 0.717) is 16.8 Å². The number of benzene rings is 1. The predicted molar refractivity (Wildman–Crippen MR) is 73.3 cm³/mol. The molecule has 0 radical (unpaired) electrons. The van der Waals surface area contributed by atoms with E-state index in [1.165, 1.54) is 22.9 Å². The highest BCUT2D eigenvalue weighted by molar-refractivity contribution is 6.02. The Balaban J connectivity index is 2.41. The molecule has 7 heteroatoms. The summed E-state index contributed by atoms with van der Waals surface area (Å²) in [5, 5.41) is 13.7. The number of pyridine rings is 1. The van der Waals surface area contributed by atoms with E-state index >= 15 is 0 Å². The predicted octanol–water partition coefficient (Wildman–Crippen LogP) is 1.86. The van der Waals surface area contributed by atoms with Gasteiger partial charge in [-0.3, -0.25) is 4.79 Å². The van der Waals surface area contributed by atoms with Crippen LogP contribution in [0, 0.1) is 12.7 Å². The zero-order valence-electron chi connectivity index (χ0n) is 10.9. The van der Waals surface area contributed by atoms with Crippen LogP contribution in [0.25, 0.3) is 16.7 Å². The third-order valence-electron chi connectivity index (χ3n) is 3.13. The maximum absolute atomic E-state index is 13.3. The average molecular weight is 287 g/mol. The first kappa shape index (κ1) is 13.0. The molecule has 0 spiro atoms. The smallest absolute Gasteiger partial charge is 0.336 e. The lowest BCUT2D eigenvalue weighted by atomic mass is 10.1. The minimum atomic E-state index is -1.21. The van der Waals surface area contributed by atoms with E-state index in [1.807, 2.05) is 0 Å². The summed E-state index contributed by atoms with van der Waals surface area (Å²) in [6, 6.07) is 6.66. The van der Waals surface area contributed by atoms with Crippen molar-refractivity contribution in [2.24, 2.45) is 0 Å². The zero-order chi connectivity index (χ0) is 15.1. The van der Waals surface area contributed by atoms with Gasteiger partial charge in [-0.1, -0.05) is 6.07 Å². The largest absolute Gasteiger partial charge is 0.478 e. The minimum absolute atomic E-state index is 0.131. The van der Waals surface area contributed by atoms with Crippen LogP contribution < -0.4 is 5.56 Å². The van der Waals surface area contributed by atoms with E-state index in [2.05, 4.69) is 10.1 Å². The molecule has 0 fully saturated rings. The molecular formula is C14H10FN3O3. The SMILES string of the molecule is Cc1nn(-c2cccc(F)c2)c2[nH]c(=O)cc(C(=O)O)c12. The van der Waals surface area contributed by atoms with Crippen LogP contribution in [0.3, 0.4) is 0 Å². The molecule has 21 heavy (non-hydrogen) atoms.